The summed E-state index contributed by atoms with van der Waals surface area (Å²) in [5.41, 5.74) is 0.0636. The van der Waals surface area contributed by atoms with Gasteiger partial charge in [0.05, 0.1) is 12.3 Å². The number of carbonyl (C=O) groups excluding carboxylic acids is 1. The Bertz CT molecular complexity index is 602. The van der Waals surface area contributed by atoms with Crippen LogP contribution in [-0.2, 0) is 14.8 Å². The van der Waals surface area contributed by atoms with Crippen molar-refractivity contribution in [2.75, 3.05) is 6.61 Å². The van der Waals surface area contributed by atoms with Gasteiger partial charge in [-0.2, -0.15) is 5.10 Å². The van der Waals surface area contributed by atoms with E-state index in [2.05, 4.69) is 10.2 Å². The fourth-order valence-corrected chi connectivity index (χ4v) is 2.94. The average Bonchev–Trinajstić information content (AvgIpc) is 3.02. The average molecular weight is 301 g/mol. The zero-order valence-corrected chi connectivity index (χ0v) is 12.4. The van der Waals surface area contributed by atoms with E-state index in [9.17, 15) is 13.2 Å². The number of ether oxygens (including phenoxy) is 1. The SMILES string of the molecule is CC(C)c1[nH]nc(C(=O)OCCC2CC2)c1S(N)(=O)=O. The summed E-state index contributed by atoms with van der Waals surface area (Å²) in [6.07, 6.45) is 3.14. The van der Waals surface area contributed by atoms with E-state index in [1.165, 1.54) is 12.8 Å². The highest BCUT2D eigenvalue weighted by Gasteiger charge is 2.30. The summed E-state index contributed by atoms with van der Waals surface area (Å²) in [6, 6.07) is 0. The quantitative estimate of drug-likeness (QED) is 0.764. The smallest absolute Gasteiger partial charge is 0.360 e. The number of hydrogen-bond acceptors (Lipinski definition) is 5. The fraction of sp³-hybridized carbons (Fsp3) is 0.667. The Kier molecular flexibility index (Phi) is 4.14. The molecule has 0 amide bonds. The minimum absolute atomic E-state index is 0.149. The van der Waals surface area contributed by atoms with Gasteiger partial charge in [-0.05, 0) is 18.3 Å². The lowest BCUT2D eigenvalue weighted by molar-refractivity contribution is 0.0483. The van der Waals surface area contributed by atoms with Crippen LogP contribution in [-0.4, -0.2) is 31.2 Å². The second-order valence-electron chi connectivity index (χ2n) is 5.38. The first kappa shape index (κ1) is 15.0. The summed E-state index contributed by atoms with van der Waals surface area (Å²) >= 11 is 0. The molecule has 7 nitrogen and oxygen atoms in total. The summed E-state index contributed by atoms with van der Waals surface area (Å²) in [7, 11) is -4.03. The predicted molar refractivity (Wildman–Crippen MR) is 71.7 cm³/mol. The number of carbonyl (C=O) groups is 1. The largest absolute Gasteiger partial charge is 0.461 e. The Morgan fingerprint density at radius 1 is 1.50 bits per heavy atom. The van der Waals surface area contributed by atoms with Crippen LogP contribution in [0.15, 0.2) is 4.90 Å². The van der Waals surface area contributed by atoms with Crippen LogP contribution in [0.25, 0.3) is 0 Å². The van der Waals surface area contributed by atoms with Gasteiger partial charge >= 0.3 is 5.97 Å². The third-order valence-corrected chi connectivity index (χ3v) is 4.24. The normalized spacial score (nSPS) is 15.6. The van der Waals surface area contributed by atoms with Gasteiger partial charge in [-0.1, -0.05) is 26.7 Å². The Morgan fingerprint density at radius 3 is 2.65 bits per heavy atom. The maximum absolute atomic E-state index is 11.9. The molecule has 0 aliphatic heterocycles. The molecule has 8 heteroatoms. The van der Waals surface area contributed by atoms with Crippen molar-refractivity contribution in [2.24, 2.45) is 11.1 Å². The summed E-state index contributed by atoms with van der Waals surface area (Å²) in [5.74, 6) is -0.271. The van der Waals surface area contributed by atoms with Crippen LogP contribution in [0.3, 0.4) is 0 Å². The minimum Gasteiger partial charge on any atom is -0.461 e. The van der Waals surface area contributed by atoms with E-state index in [4.69, 9.17) is 9.88 Å². The molecule has 1 aliphatic rings. The second kappa shape index (κ2) is 5.53. The standard InChI is InChI=1S/C12H19N3O4S/c1-7(2)9-11(20(13,17)18)10(15-14-9)12(16)19-6-5-8-3-4-8/h7-8H,3-6H2,1-2H3,(H,14,15)(H2,13,17,18). The van der Waals surface area contributed by atoms with Gasteiger partial charge in [-0.25, -0.2) is 18.4 Å². The van der Waals surface area contributed by atoms with Crippen LogP contribution in [0, 0.1) is 5.92 Å². The van der Waals surface area contributed by atoms with Crippen LogP contribution in [0.5, 0.6) is 0 Å². The number of nitrogens with one attached hydrogen (secondary N) is 1. The Labute approximate surface area is 117 Å². The van der Waals surface area contributed by atoms with Crippen molar-refractivity contribution in [1.82, 2.24) is 10.2 Å². The predicted octanol–water partition coefficient (Wildman–Crippen LogP) is 1.14. The molecule has 0 bridgehead atoms. The molecule has 0 atom stereocenters. The van der Waals surface area contributed by atoms with Crippen LogP contribution in [0.1, 0.15) is 55.2 Å². The van der Waals surface area contributed by atoms with Gasteiger partial charge in [-0.15, -0.1) is 0 Å². The summed E-state index contributed by atoms with van der Waals surface area (Å²) < 4.78 is 28.4. The van der Waals surface area contributed by atoms with Crippen LogP contribution < -0.4 is 5.14 Å². The number of rotatable bonds is 6. The first-order valence-corrected chi connectivity index (χ1v) is 8.13. The highest BCUT2D eigenvalue weighted by molar-refractivity contribution is 7.89. The van der Waals surface area contributed by atoms with E-state index < -0.39 is 16.0 Å². The number of nitrogens with zero attached hydrogens (tertiary/aromatic N) is 1. The number of aromatic nitrogens is 2. The molecule has 20 heavy (non-hydrogen) atoms. The molecule has 1 aromatic rings. The number of aromatic amines is 1. The van der Waals surface area contributed by atoms with Crippen LogP contribution in [0.2, 0.25) is 0 Å². The van der Waals surface area contributed by atoms with Gasteiger partial charge < -0.3 is 4.74 Å². The van der Waals surface area contributed by atoms with Crippen LogP contribution in [0.4, 0.5) is 0 Å². The minimum atomic E-state index is -4.03. The Hall–Kier alpha value is -1.41. The molecule has 2 rings (SSSR count). The molecule has 0 unspecified atom stereocenters. The van der Waals surface area contributed by atoms with E-state index in [1.54, 1.807) is 13.8 Å². The van der Waals surface area contributed by atoms with Gasteiger partial charge in [0.2, 0.25) is 10.0 Å². The highest BCUT2D eigenvalue weighted by Crippen LogP contribution is 2.32. The molecule has 0 radical (unpaired) electrons. The van der Waals surface area contributed by atoms with Crippen molar-refractivity contribution in [2.45, 2.75) is 43.9 Å². The van der Waals surface area contributed by atoms with Crippen molar-refractivity contribution >= 4 is 16.0 Å². The zero-order chi connectivity index (χ0) is 14.9. The Balaban J connectivity index is 2.19. The molecular formula is C12H19N3O4S. The van der Waals surface area contributed by atoms with Crippen molar-refractivity contribution in [3.8, 4) is 0 Å². The van der Waals surface area contributed by atoms with E-state index in [1.807, 2.05) is 0 Å². The molecule has 1 heterocycles. The lowest BCUT2D eigenvalue weighted by atomic mass is 10.1. The monoisotopic (exact) mass is 301 g/mol. The highest BCUT2D eigenvalue weighted by atomic mass is 32.2. The van der Waals surface area contributed by atoms with Crippen LogP contribution >= 0.6 is 0 Å². The zero-order valence-electron chi connectivity index (χ0n) is 11.5. The molecular weight excluding hydrogens is 282 g/mol. The maximum atomic E-state index is 11.9. The van der Waals surface area contributed by atoms with Gasteiger partial charge in [0.1, 0.15) is 4.90 Å². The summed E-state index contributed by atoms with van der Waals surface area (Å²) in [4.78, 5) is 11.7. The van der Waals surface area contributed by atoms with Crippen molar-refractivity contribution in [1.29, 1.82) is 0 Å². The third-order valence-electron chi connectivity index (χ3n) is 3.26. The van der Waals surface area contributed by atoms with Crippen molar-refractivity contribution in [3.05, 3.63) is 11.4 Å². The number of nitrogens with two attached hydrogens (primary N) is 1. The summed E-state index contributed by atoms with van der Waals surface area (Å²) in [5, 5.41) is 11.5. The van der Waals surface area contributed by atoms with E-state index in [0.29, 0.717) is 11.6 Å². The molecule has 0 spiro atoms. The lowest BCUT2D eigenvalue weighted by Gasteiger charge is -2.06. The number of hydrogen-bond donors (Lipinski definition) is 2. The van der Waals surface area contributed by atoms with E-state index in [0.717, 1.165) is 6.42 Å². The molecule has 0 aromatic carbocycles. The van der Waals surface area contributed by atoms with Gasteiger partial charge in [-0.3, -0.25) is 5.10 Å². The van der Waals surface area contributed by atoms with E-state index in [-0.39, 0.29) is 23.1 Å². The first-order chi connectivity index (χ1) is 9.30. The Morgan fingerprint density at radius 2 is 2.15 bits per heavy atom. The maximum Gasteiger partial charge on any atom is 0.360 e. The molecule has 1 saturated carbocycles. The number of H-pyrrole nitrogens is 1. The van der Waals surface area contributed by atoms with Gasteiger partial charge in [0.15, 0.2) is 5.69 Å². The molecule has 3 N–H and O–H groups in total. The lowest BCUT2D eigenvalue weighted by Crippen LogP contribution is -2.19. The number of esters is 1. The molecule has 1 fully saturated rings. The molecule has 1 aliphatic carbocycles. The van der Waals surface area contributed by atoms with Gasteiger partial charge in [0, 0.05) is 0 Å². The second-order valence-corrected chi connectivity index (χ2v) is 6.88. The first-order valence-electron chi connectivity index (χ1n) is 6.59. The van der Waals surface area contributed by atoms with Gasteiger partial charge in [0.25, 0.3) is 0 Å². The summed E-state index contributed by atoms with van der Waals surface area (Å²) in [6.45, 7) is 3.84. The topological polar surface area (TPSA) is 115 Å². The number of sulfonamides is 1. The third kappa shape index (κ3) is 3.37. The number of primary sulfonamides is 1. The van der Waals surface area contributed by atoms with Crippen molar-refractivity contribution in [3.63, 3.8) is 0 Å². The molecule has 112 valence electrons. The van der Waals surface area contributed by atoms with Crippen molar-refractivity contribution < 1.29 is 17.9 Å². The molecule has 0 saturated heterocycles. The molecule has 1 aromatic heterocycles. The van der Waals surface area contributed by atoms with E-state index >= 15 is 0 Å². The fourth-order valence-electron chi connectivity index (χ4n) is 1.96.